The van der Waals surface area contributed by atoms with Gasteiger partial charge in [-0.25, -0.2) is 0 Å². The fraction of sp³-hybridized carbons (Fsp3) is 0.0909. The van der Waals surface area contributed by atoms with Gasteiger partial charge in [-0.05, 0) is 48.9 Å². The summed E-state index contributed by atoms with van der Waals surface area (Å²) in [4.78, 5) is 4.47. The van der Waals surface area contributed by atoms with Crippen LogP contribution in [0, 0.1) is 6.92 Å². The maximum Gasteiger partial charge on any atom is 0.258 e. The van der Waals surface area contributed by atoms with E-state index in [1.54, 1.807) is 12.1 Å². The fourth-order valence-electron chi connectivity index (χ4n) is 2.74. The van der Waals surface area contributed by atoms with Gasteiger partial charge in [0.25, 0.3) is 5.89 Å². The van der Waals surface area contributed by atoms with Gasteiger partial charge in [0.15, 0.2) is 0 Å². The molecule has 27 heavy (non-hydrogen) atoms. The van der Waals surface area contributed by atoms with Gasteiger partial charge < -0.3 is 9.26 Å². The summed E-state index contributed by atoms with van der Waals surface area (Å²) in [5, 5.41) is 4.75. The Morgan fingerprint density at radius 1 is 0.926 bits per heavy atom. The Morgan fingerprint density at radius 2 is 1.74 bits per heavy atom. The number of hydrogen-bond donors (Lipinski definition) is 0. The first-order valence-electron chi connectivity index (χ1n) is 8.56. The maximum atomic E-state index is 5.92. The van der Waals surface area contributed by atoms with E-state index in [4.69, 9.17) is 20.9 Å². The van der Waals surface area contributed by atoms with Crippen LogP contribution in [0.25, 0.3) is 22.8 Å². The van der Waals surface area contributed by atoms with Crippen LogP contribution in [0.1, 0.15) is 11.1 Å². The topological polar surface area (TPSA) is 48.2 Å². The number of nitrogens with zero attached hydrogens (tertiary/aromatic N) is 2. The quantitative estimate of drug-likeness (QED) is 0.432. The molecule has 0 fully saturated rings. The third kappa shape index (κ3) is 4.18. The third-order valence-corrected chi connectivity index (χ3v) is 4.35. The van der Waals surface area contributed by atoms with Crippen LogP contribution in [-0.4, -0.2) is 10.1 Å². The van der Waals surface area contributed by atoms with Crippen LogP contribution < -0.4 is 4.74 Å². The van der Waals surface area contributed by atoms with Gasteiger partial charge in [-0.2, -0.15) is 4.98 Å². The van der Waals surface area contributed by atoms with Crippen molar-refractivity contribution in [1.29, 1.82) is 0 Å². The molecule has 0 spiro atoms. The number of ether oxygens (including phenoxy) is 1. The Bertz CT molecular complexity index is 1060. The van der Waals surface area contributed by atoms with Crippen molar-refractivity contribution in [2.75, 3.05) is 0 Å². The van der Waals surface area contributed by atoms with E-state index in [0.717, 1.165) is 22.4 Å². The standard InChI is InChI=1S/C22H17ClN2O2/c1-15-4-2-5-16(12-15)14-26-20-7-3-6-18(13-20)21-24-22(27-25-21)17-8-10-19(23)11-9-17/h2-13H,14H2,1H3. The molecule has 0 aliphatic rings. The van der Waals surface area contributed by atoms with Gasteiger partial charge in [-0.1, -0.05) is 58.7 Å². The van der Waals surface area contributed by atoms with E-state index in [9.17, 15) is 0 Å². The molecular weight excluding hydrogens is 360 g/mol. The zero-order valence-corrected chi connectivity index (χ0v) is 15.5. The minimum atomic E-state index is 0.452. The Labute approximate surface area is 162 Å². The number of benzene rings is 3. The van der Waals surface area contributed by atoms with Gasteiger partial charge in [-0.3, -0.25) is 0 Å². The average Bonchev–Trinajstić information content (AvgIpc) is 3.18. The van der Waals surface area contributed by atoms with E-state index in [1.807, 2.05) is 42.5 Å². The predicted molar refractivity (Wildman–Crippen MR) is 106 cm³/mol. The molecule has 4 aromatic rings. The first-order valence-corrected chi connectivity index (χ1v) is 8.93. The van der Waals surface area contributed by atoms with Crippen molar-refractivity contribution < 1.29 is 9.26 Å². The average molecular weight is 377 g/mol. The Hall–Kier alpha value is -3.11. The highest BCUT2D eigenvalue weighted by Gasteiger charge is 2.11. The highest BCUT2D eigenvalue weighted by atomic mass is 35.5. The smallest absolute Gasteiger partial charge is 0.258 e. The molecule has 0 atom stereocenters. The highest BCUT2D eigenvalue weighted by molar-refractivity contribution is 6.30. The van der Waals surface area contributed by atoms with Crippen molar-refractivity contribution in [3.05, 3.63) is 88.9 Å². The molecule has 134 valence electrons. The van der Waals surface area contributed by atoms with Gasteiger partial charge in [-0.15, -0.1) is 0 Å². The molecule has 0 saturated carbocycles. The Kier molecular flexibility index (Phi) is 4.90. The molecular formula is C22H17ClN2O2. The van der Waals surface area contributed by atoms with Gasteiger partial charge in [0.1, 0.15) is 12.4 Å². The molecule has 0 radical (unpaired) electrons. The second-order valence-electron chi connectivity index (χ2n) is 6.24. The summed E-state index contributed by atoms with van der Waals surface area (Å²) < 4.78 is 11.3. The lowest BCUT2D eigenvalue weighted by Crippen LogP contribution is -1.96. The van der Waals surface area contributed by atoms with Gasteiger partial charge in [0.2, 0.25) is 5.82 Å². The lowest BCUT2D eigenvalue weighted by Gasteiger charge is -2.07. The van der Waals surface area contributed by atoms with E-state index in [1.165, 1.54) is 5.56 Å². The van der Waals surface area contributed by atoms with Crippen molar-refractivity contribution in [2.45, 2.75) is 13.5 Å². The van der Waals surface area contributed by atoms with Crippen molar-refractivity contribution in [1.82, 2.24) is 10.1 Å². The number of aryl methyl sites for hydroxylation is 1. The Balaban J connectivity index is 1.51. The summed E-state index contributed by atoms with van der Waals surface area (Å²) in [5.41, 5.74) is 4.00. The molecule has 0 aliphatic heterocycles. The molecule has 0 bridgehead atoms. The van der Waals surface area contributed by atoms with Crippen LogP contribution in [-0.2, 0) is 6.61 Å². The number of rotatable bonds is 5. The van der Waals surface area contributed by atoms with Crippen LogP contribution in [0.5, 0.6) is 5.75 Å². The molecule has 4 rings (SSSR count). The molecule has 4 nitrogen and oxygen atoms in total. The predicted octanol–water partition coefficient (Wildman–Crippen LogP) is 5.94. The molecule has 0 saturated heterocycles. The van der Waals surface area contributed by atoms with E-state index in [2.05, 4.69) is 35.3 Å². The van der Waals surface area contributed by atoms with E-state index in [-0.39, 0.29) is 0 Å². The first-order chi connectivity index (χ1) is 13.2. The second kappa shape index (κ2) is 7.64. The summed E-state index contributed by atoms with van der Waals surface area (Å²) >= 11 is 5.92. The van der Waals surface area contributed by atoms with E-state index >= 15 is 0 Å². The molecule has 0 N–H and O–H groups in total. The van der Waals surface area contributed by atoms with Gasteiger partial charge in [0, 0.05) is 16.1 Å². The number of hydrogen-bond acceptors (Lipinski definition) is 4. The van der Waals surface area contributed by atoms with Crippen LogP contribution >= 0.6 is 11.6 Å². The van der Waals surface area contributed by atoms with Crippen molar-refractivity contribution in [2.24, 2.45) is 0 Å². The molecule has 3 aromatic carbocycles. The minimum Gasteiger partial charge on any atom is -0.489 e. The van der Waals surface area contributed by atoms with E-state index < -0.39 is 0 Å². The molecule has 1 aromatic heterocycles. The first kappa shape index (κ1) is 17.3. The number of aromatic nitrogens is 2. The maximum absolute atomic E-state index is 5.92. The molecule has 1 heterocycles. The normalized spacial score (nSPS) is 10.7. The molecule has 0 aliphatic carbocycles. The van der Waals surface area contributed by atoms with Crippen molar-refractivity contribution >= 4 is 11.6 Å². The summed E-state index contributed by atoms with van der Waals surface area (Å²) in [6.45, 7) is 2.58. The van der Waals surface area contributed by atoms with Gasteiger partial charge in [0.05, 0.1) is 0 Å². The largest absolute Gasteiger partial charge is 0.489 e. The zero-order valence-electron chi connectivity index (χ0n) is 14.7. The van der Waals surface area contributed by atoms with Crippen molar-refractivity contribution in [3.63, 3.8) is 0 Å². The van der Waals surface area contributed by atoms with Crippen LogP contribution in [0.4, 0.5) is 0 Å². The zero-order chi connectivity index (χ0) is 18.6. The van der Waals surface area contributed by atoms with Gasteiger partial charge >= 0.3 is 0 Å². The van der Waals surface area contributed by atoms with Crippen LogP contribution in [0.15, 0.2) is 77.3 Å². The minimum absolute atomic E-state index is 0.452. The number of halogens is 1. The highest BCUT2D eigenvalue weighted by Crippen LogP contribution is 2.26. The molecule has 0 amide bonds. The lowest BCUT2D eigenvalue weighted by atomic mass is 10.1. The third-order valence-electron chi connectivity index (χ3n) is 4.10. The summed E-state index contributed by atoms with van der Waals surface area (Å²) in [7, 11) is 0. The van der Waals surface area contributed by atoms with Crippen LogP contribution in [0.2, 0.25) is 5.02 Å². The second-order valence-corrected chi connectivity index (χ2v) is 6.67. The SMILES string of the molecule is Cc1cccc(COc2cccc(-c3noc(-c4ccc(Cl)cc4)n3)c2)c1. The Morgan fingerprint density at radius 3 is 2.56 bits per heavy atom. The van der Waals surface area contributed by atoms with Crippen LogP contribution in [0.3, 0.4) is 0 Å². The molecule has 5 heteroatoms. The van der Waals surface area contributed by atoms with Crippen molar-refractivity contribution in [3.8, 4) is 28.6 Å². The fourth-order valence-corrected chi connectivity index (χ4v) is 2.87. The molecule has 0 unspecified atom stereocenters. The summed E-state index contributed by atoms with van der Waals surface area (Å²) in [6.07, 6.45) is 0. The monoisotopic (exact) mass is 376 g/mol. The van der Waals surface area contributed by atoms with E-state index in [0.29, 0.717) is 23.3 Å². The lowest BCUT2D eigenvalue weighted by molar-refractivity contribution is 0.306. The summed E-state index contributed by atoms with van der Waals surface area (Å²) in [6, 6.07) is 23.2. The summed E-state index contributed by atoms with van der Waals surface area (Å²) in [5.74, 6) is 1.72.